The summed E-state index contributed by atoms with van der Waals surface area (Å²) < 4.78 is 33.5. The first-order valence-electron chi connectivity index (χ1n) is 10.5. The van der Waals surface area contributed by atoms with Crippen molar-refractivity contribution in [3.05, 3.63) is 88.4 Å². The van der Waals surface area contributed by atoms with Crippen molar-refractivity contribution < 1.29 is 17.9 Å². The fraction of sp³-hybridized carbons (Fsp3) is 0.240. The molecule has 0 aliphatic carbocycles. The van der Waals surface area contributed by atoms with Gasteiger partial charge < -0.3 is 10.1 Å². The van der Waals surface area contributed by atoms with Crippen molar-refractivity contribution in [2.45, 2.75) is 25.7 Å². The average molecular weight is 487 g/mol. The molecule has 0 atom stereocenters. The number of hydrogen-bond acceptors (Lipinski definition) is 4. The van der Waals surface area contributed by atoms with Crippen LogP contribution < -0.4 is 14.4 Å². The Morgan fingerprint density at radius 3 is 2.15 bits per heavy atom. The number of nitrogens with one attached hydrogen (secondary N) is 1. The van der Waals surface area contributed by atoms with E-state index >= 15 is 0 Å². The highest BCUT2D eigenvalue weighted by molar-refractivity contribution is 7.92. The Hall–Kier alpha value is -3.03. The summed E-state index contributed by atoms with van der Waals surface area (Å²) in [6, 6.07) is 19.0. The van der Waals surface area contributed by atoms with Gasteiger partial charge in [0.1, 0.15) is 18.9 Å². The number of ether oxygens (including phenoxy) is 1. The van der Waals surface area contributed by atoms with E-state index in [0.29, 0.717) is 16.5 Å². The molecule has 1 N–H and O–H groups in total. The molecule has 0 bridgehead atoms. The molecule has 0 unspecified atom stereocenters. The Balaban J connectivity index is 1.73. The fourth-order valence-electron chi connectivity index (χ4n) is 3.07. The molecule has 0 saturated carbocycles. The maximum Gasteiger partial charge on any atom is 0.264 e. The third-order valence-electron chi connectivity index (χ3n) is 5.05. The SMILES string of the molecule is Cc1ccc(OCCNC(=O)CN(c2ccc(C)c(Cl)c2)S(=O)(=O)c2ccc(C)cc2)cc1. The fourth-order valence-corrected chi connectivity index (χ4v) is 4.66. The summed E-state index contributed by atoms with van der Waals surface area (Å²) in [5, 5.41) is 3.14. The first kappa shape index (κ1) is 24.6. The van der Waals surface area contributed by atoms with E-state index in [2.05, 4.69) is 5.32 Å². The largest absolute Gasteiger partial charge is 0.492 e. The van der Waals surface area contributed by atoms with Gasteiger partial charge in [-0.3, -0.25) is 9.10 Å². The Kier molecular flexibility index (Phi) is 8.00. The predicted molar refractivity (Wildman–Crippen MR) is 132 cm³/mol. The number of carbonyl (C=O) groups is 1. The van der Waals surface area contributed by atoms with Gasteiger partial charge in [-0.25, -0.2) is 8.42 Å². The van der Waals surface area contributed by atoms with Crippen LogP contribution >= 0.6 is 11.6 Å². The van der Waals surface area contributed by atoms with E-state index < -0.39 is 15.9 Å². The van der Waals surface area contributed by atoms with Gasteiger partial charge in [0, 0.05) is 5.02 Å². The molecule has 174 valence electrons. The minimum Gasteiger partial charge on any atom is -0.492 e. The third kappa shape index (κ3) is 6.49. The summed E-state index contributed by atoms with van der Waals surface area (Å²) in [7, 11) is -3.99. The van der Waals surface area contributed by atoms with Crippen LogP contribution in [0, 0.1) is 20.8 Å². The Morgan fingerprint density at radius 2 is 1.55 bits per heavy atom. The quantitative estimate of drug-likeness (QED) is 0.446. The van der Waals surface area contributed by atoms with Crippen LogP contribution in [0.1, 0.15) is 16.7 Å². The van der Waals surface area contributed by atoms with Crippen molar-refractivity contribution in [3.63, 3.8) is 0 Å². The van der Waals surface area contributed by atoms with Gasteiger partial charge >= 0.3 is 0 Å². The topological polar surface area (TPSA) is 75.7 Å². The van der Waals surface area contributed by atoms with Crippen LogP contribution in [0.25, 0.3) is 0 Å². The van der Waals surface area contributed by atoms with Crippen molar-refractivity contribution in [1.82, 2.24) is 5.32 Å². The molecule has 33 heavy (non-hydrogen) atoms. The normalized spacial score (nSPS) is 11.2. The van der Waals surface area contributed by atoms with Crippen LogP contribution in [0.2, 0.25) is 5.02 Å². The van der Waals surface area contributed by atoms with Crippen LogP contribution in [0.4, 0.5) is 5.69 Å². The summed E-state index contributed by atoms with van der Waals surface area (Å²) >= 11 is 6.24. The van der Waals surface area contributed by atoms with Gasteiger partial charge in [0.25, 0.3) is 10.0 Å². The number of rotatable bonds is 9. The summed E-state index contributed by atoms with van der Waals surface area (Å²) in [5.41, 5.74) is 3.19. The first-order valence-corrected chi connectivity index (χ1v) is 12.3. The molecule has 0 spiro atoms. The zero-order chi connectivity index (χ0) is 24.0. The highest BCUT2D eigenvalue weighted by Crippen LogP contribution is 2.28. The maximum atomic E-state index is 13.4. The molecular formula is C25H27ClN2O4S. The second-order valence-corrected chi connectivity index (χ2v) is 10.0. The monoisotopic (exact) mass is 486 g/mol. The maximum absolute atomic E-state index is 13.4. The van der Waals surface area contributed by atoms with Crippen molar-refractivity contribution in [1.29, 1.82) is 0 Å². The molecule has 0 radical (unpaired) electrons. The van der Waals surface area contributed by atoms with E-state index in [0.717, 1.165) is 21.0 Å². The van der Waals surface area contributed by atoms with Gasteiger partial charge in [0.15, 0.2) is 0 Å². The molecule has 8 heteroatoms. The Bertz CT molecular complexity index is 1210. The van der Waals surface area contributed by atoms with Crippen LogP contribution in [0.5, 0.6) is 5.75 Å². The van der Waals surface area contributed by atoms with Crippen LogP contribution in [0.3, 0.4) is 0 Å². The highest BCUT2D eigenvalue weighted by atomic mass is 35.5. The first-order chi connectivity index (χ1) is 15.7. The second-order valence-electron chi connectivity index (χ2n) is 7.77. The van der Waals surface area contributed by atoms with Gasteiger partial charge in [0.2, 0.25) is 5.91 Å². The number of halogens is 1. The average Bonchev–Trinajstić information content (AvgIpc) is 2.78. The molecule has 6 nitrogen and oxygen atoms in total. The lowest BCUT2D eigenvalue weighted by molar-refractivity contribution is -0.119. The van der Waals surface area contributed by atoms with Crippen LogP contribution in [-0.4, -0.2) is 34.0 Å². The Labute approximate surface area is 200 Å². The number of carbonyl (C=O) groups excluding carboxylic acids is 1. The van der Waals surface area contributed by atoms with E-state index in [9.17, 15) is 13.2 Å². The molecule has 1 amide bonds. The minimum atomic E-state index is -3.99. The lowest BCUT2D eigenvalue weighted by Crippen LogP contribution is -2.42. The molecule has 0 aliphatic rings. The van der Waals surface area contributed by atoms with E-state index in [-0.39, 0.29) is 24.6 Å². The van der Waals surface area contributed by atoms with E-state index in [1.54, 1.807) is 30.3 Å². The summed E-state index contributed by atoms with van der Waals surface area (Å²) in [4.78, 5) is 12.8. The molecule has 0 aromatic heterocycles. The number of sulfonamides is 1. The minimum absolute atomic E-state index is 0.0975. The van der Waals surface area contributed by atoms with Gasteiger partial charge in [-0.15, -0.1) is 0 Å². The molecule has 3 rings (SSSR count). The summed E-state index contributed by atoms with van der Waals surface area (Å²) in [6.07, 6.45) is 0. The van der Waals surface area contributed by atoms with Crippen molar-refractivity contribution >= 4 is 33.2 Å². The zero-order valence-corrected chi connectivity index (χ0v) is 20.4. The van der Waals surface area contributed by atoms with Crippen molar-refractivity contribution in [2.75, 3.05) is 24.0 Å². The summed E-state index contributed by atoms with van der Waals surface area (Å²) in [5.74, 6) is 0.252. The van der Waals surface area contributed by atoms with E-state index in [1.807, 2.05) is 45.0 Å². The molecular weight excluding hydrogens is 460 g/mol. The van der Waals surface area contributed by atoms with Gasteiger partial charge in [0.05, 0.1) is 17.1 Å². The highest BCUT2D eigenvalue weighted by Gasteiger charge is 2.27. The number of aryl methyl sites for hydroxylation is 3. The number of hydrogen-bond donors (Lipinski definition) is 1. The number of benzene rings is 3. The molecule has 0 fully saturated rings. The molecule has 0 saturated heterocycles. The van der Waals surface area contributed by atoms with Crippen LogP contribution in [0.15, 0.2) is 71.6 Å². The lowest BCUT2D eigenvalue weighted by Gasteiger charge is -2.24. The Morgan fingerprint density at radius 1 is 0.939 bits per heavy atom. The molecule has 3 aromatic rings. The van der Waals surface area contributed by atoms with Gasteiger partial charge in [-0.2, -0.15) is 0 Å². The third-order valence-corrected chi connectivity index (χ3v) is 7.25. The van der Waals surface area contributed by atoms with Crippen LogP contribution in [-0.2, 0) is 14.8 Å². The molecule has 0 heterocycles. The van der Waals surface area contributed by atoms with Gasteiger partial charge in [-0.05, 0) is 62.7 Å². The molecule has 3 aromatic carbocycles. The molecule has 0 aliphatic heterocycles. The lowest BCUT2D eigenvalue weighted by atomic mass is 10.2. The number of anilines is 1. The smallest absolute Gasteiger partial charge is 0.264 e. The second kappa shape index (κ2) is 10.7. The zero-order valence-electron chi connectivity index (χ0n) is 18.8. The standard InChI is InChI=1S/C25H27ClN2O4S/c1-18-4-10-22(11-5-18)32-15-14-27-25(29)17-28(21-9-8-20(3)24(26)16-21)33(30,31)23-12-6-19(2)7-13-23/h4-13,16H,14-15,17H2,1-3H3,(H,27,29). The predicted octanol–water partition coefficient (Wildman–Crippen LogP) is 4.66. The number of nitrogens with zero attached hydrogens (tertiary/aromatic N) is 1. The van der Waals surface area contributed by atoms with E-state index in [1.165, 1.54) is 12.1 Å². The van der Waals surface area contributed by atoms with Gasteiger partial charge in [-0.1, -0.05) is 53.1 Å². The summed E-state index contributed by atoms with van der Waals surface area (Å²) in [6.45, 7) is 5.79. The van der Waals surface area contributed by atoms with E-state index in [4.69, 9.17) is 16.3 Å². The van der Waals surface area contributed by atoms with Crippen molar-refractivity contribution in [2.24, 2.45) is 0 Å². The number of amides is 1. The van der Waals surface area contributed by atoms with Crippen molar-refractivity contribution in [3.8, 4) is 5.75 Å².